The molecule has 0 N–H and O–H groups in total. The molecule has 0 aromatic carbocycles. The fourth-order valence-electron chi connectivity index (χ4n) is 0.861. The van der Waals surface area contributed by atoms with E-state index >= 15 is 0 Å². The Labute approximate surface area is 75.2 Å². The van der Waals surface area contributed by atoms with E-state index in [1.165, 1.54) is 0 Å². The summed E-state index contributed by atoms with van der Waals surface area (Å²) in [5, 5.41) is 10.6. The summed E-state index contributed by atoms with van der Waals surface area (Å²) in [4.78, 5) is 1.16. The first-order chi connectivity index (χ1) is 5.38. The molecule has 0 saturated heterocycles. The van der Waals surface area contributed by atoms with Gasteiger partial charge >= 0.3 is 0 Å². The molecule has 11 heavy (non-hydrogen) atoms. The number of halogens is 1. The van der Waals surface area contributed by atoms with Gasteiger partial charge < -0.3 is 0 Å². The van der Waals surface area contributed by atoms with Crippen LogP contribution in [0.25, 0.3) is 0 Å². The lowest BCUT2D eigenvalue weighted by molar-refractivity contribution is 0.944. The Bertz CT molecular complexity index is 261. The van der Waals surface area contributed by atoms with Gasteiger partial charge in [-0.1, -0.05) is 0 Å². The van der Waals surface area contributed by atoms with Crippen molar-refractivity contribution in [2.24, 2.45) is 0 Å². The zero-order chi connectivity index (χ0) is 8.10. The first-order valence-electron chi connectivity index (χ1n) is 3.41. The molecule has 0 fully saturated rings. The van der Waals surface area contributed by atoms with E-state index in [1.807, 2.05) is 11.4 Å². The van der Waals surface area contributed by atoms with E-state index in [1.54, 1.807) is 11.3 Å². The van der Waals surface area contributed by atoms with Crippen molar-refractivity contribution >= 4 is 22.9 Å². The summed E-state index contributed by atoms with van der Waals surface area (Å²) in [5.74, 6) is 0.669. The maximum atomic E-state index is 8.63. The molecule has 1 rings (SSSR count). The van der Waals surface area contributed by atoms with Gasteiger partial charge in [-0.3, -0.25) is 0 Å². The van der Waals surface area contributed by atoms with Gasteiger partial charge in [0.25, 0.3) is 0 Å². The van der Waals surface area contributed by atoms with Crippen LogP contribution in [0, 0.1) is 11.3 Å². The highest BCUT2D eigenvalue weighted by Gasteiger charge is 2.01. The quantitative estimate of drug-likeness (QED) is 0.665. The summed E-state index contributed by atoms with van der Waals surface area (Å²) in [7, 11) is 0. The van der Waals surface area contributed by atoms with Crippen molar-refractivity contribution in [2.75, 3.05) is 5.88 Å². The molecular formula is C8H8ClNS. The smallest absolute Gasteiger partial charge is 0.100 e. The van der Waals surface area contributed by atoms with Crippen molar-refractivity contribution in [3.05, 3.63) is 21.9 Å². The normalized spacial score (nSPS) is 9.45. The zero-order valence-corrected chi connectivity index (χ0v) is 7.58. The average Bonchev–Trinajstić information content (AvgIpc) is 2.47. The standard InChI is InChI=1S/C8H8ClNS/c9-4-1-2-8-7(6-10)3-5-11-8/h3,5H,1-2,4H2. The van der Waals surface area contributed by atoms with Crippen molar-refractivity contribution in [2.45, 2.75) is 12.8 Å². The second kappa shape index (κ2) is 4.38. The predicted molar refractivity (Wildman–Crippen MR) is 48.1 cm³/mol. The summed E-state index contributed by atoms with van der Waals surface area (Å²) in [6.45, 7) is 0. The summed E-state index contributed by atoms with van der Waals surface area (Å²) in [5.41, 5.74) is 0.806. The van der Waals surface area contributed by atoms with E-state index in [0.717, 1.165) is 23.3 Å². The molecule has 0 aliphatic rings. The van der Waals surface area contributed by atoms with Crippen LogP contribution in [0.3, 0.4) is 0 Å². The van der Waals surface area contributed by atoms with E-state index in [9.17, 15) is 0 Å². The lowest BCUT2D eigenvalue weighted by Crippen LogP contribution is -1.84. The molecule has 1 aromatic rings. The summed E-state index contributed by atoms with van der Waals surface area (Å²) < 4.78 is 0. The number of nitriles is 1. The van der Waals surface area contributed by atoms with Gasteiger partial charge in [0, 0.05) is 10.8 Å². The van der Waals surface area contributed by atoms with Gasteiger partial charge in [-0.25, -0.2) is 0 Å². The largest absolute Gasteiger partial charge is 0.192 e. The summed E-state index contributed by atoms with van der Waals surface area (Å²) in [6.07, 6.45) is 1.89. The maximum absolute atomic E-state index is 8.63. The minimum Gasteiger partial charge on any atom is -0.192 e. The van der Waals surface area contributed by atoms with Crippen molar-refractivity contribution in [3.63, 3.8) is 0 Å². The molecule has 0 spiro atoms. The van der Waals surface area contributed by atoms with Crippen molar-refractivity contribution in [1.29, 1.82) is 5.26 Å². The van der Waals surface area contributed by atoms with E-state index in [2.05, 4.69) is 6.07 Å². The van der Waals surface area contributed by atoms with E-state index in [4.69, 9.17) is 16.9 Å². The molecule has 1 nitrogen and oxygen atoms in total. The van der Waals surface area contributed by atoms with Crippen LogP contribution < -0.4 is 0 Å². The Hall–Kier alpha value is -0.520. The number of hydrogen-bond acceptors (Lipinski definition) is 2. The minimum absolute atomic E-state index is 0.669. The summed E-state index contributed by atoms with van der Waals surface area (Å²) in [6, 6.07) is 4.01. The third-order valence-electron chi connectivity index (χ3n) is 1.40. The molecule has 0 bridgehead atoms. The number of alkyl halides is 1. The van der Waals surface area contributed by atoms with Crippen LogP contribution in [-0.2, 0) is 6.42 Å². The molecule has 0 unspecified atom stereocenters. The maximum Gasteiger partial charge on any atom is 0.100 e. The molecule has 0 radical (unpaired) electrons. The minimum atomic E-state index is 0.669. The highest BCUT2D eigenvalue weighted by molar-refractivity contribution is 7.10. The molecule has 0 saturated carbocycles. The lowest BCUT2D eigenvalue weighted by atomic mass is 10.2. The monoisotopic (exact) mass is 185 g/mol. The predicted octanol–water partition coefficient (Wildman–Crippen LogP) is 2.79. The molecule has 0 atom stereocenters. The van der Waals surface area contributed by atoms with Crippen LogP contribution in [0.1, 0.15) is 16.9 Å². The molecule has 58 valence electrons. The fourth-order valence-corrected chi connectivity index (χ4v) is 1.87. The Morgan fingerprint density at radius 1 is 1.64 bits per heavy atom. The topological polar surface area (TPSA) is 23.8 Å². The van der Waals surface area contributed by atoms with Crippen LogP contribution in [-0.4, -0.2) is 5.88 Å². The van der Waals surface area contributed by atoms with Crippen molar-refractivity contribution < 1.29 is 0 Å². The van der Waals surface area contributed by atoms with E-state index in [0.29, 0.717) is 5.88 Å². The SMILES string of the molecule is N#Cc1ccsc1CCCCl. The molecule has 3 heteroatoms. The molecule has 1 aromatic heterocycles. The van der Waals surface area contributed by atoms with Crippen LogP contribution in [0.4, 0.5) is 0 Å². The van der Waals surface area contributed by atoms with Gasteiger partial charge in [0.2, 0.25) is 0 Å². The van der Waals surface area contributed by atoms with Gasteiger partial charge in [0.15, 0.2) is 0 Å². The van der Waals surface area contributed by atoms with Crippen LogP contribution in [0.5, 0.6) is 0 Å². The van der Waals surface area contributed by atoms with E-state index in [-0.39, 0.29) is 0 Å². The van der Waals surface area contributed by atoms with Crippen LogP contribution in [0.2, 0.25) is 0 Å². The average molecular weight is 186 g/mol. The van der Waals surface area contributed by atoms with Gasteiger partial charge in [0.05, 0.1) is 5.56 Å². The Morgan fingerprint density at radius 3 is 3.09 bits per heavy atom. The third-order valence-corrected chi connectivity index (χ3v) is 2.65. The van der Waals surface area contributed by atoms with Crippen LogP contribution >= 0.6 is 22.9 Å². The second-order valence-corrected chi connectivity index (χ2v) is 3.54. The highest BCUT2D eigenvalue weighted by atomic mass is 35.5. The fraction of sp³-hybridized carbons (Fsp3) is 0.375. The second-order valence-electron chi connectivity index (χ2n) is 2.16. The molecule has 0 amide bonds. The zero-order valence-electron chi connectivity index (χ0n) is 6.01. The molecule has 0 aliphatic heterocycles. The first-order valence-corrected chi connectivity index (χ1v) is 4.82. The van der Waals surface area contributed by atoms with Crippen molar-refractivity contribution in [1.82, 2.24) is 0 Å². The molecular weight excluding hydrogens is 178 g/mol. The summed E-state index contributed by atoms with van der Waals surface area (Å²) >= 11 is 7.17. The number of thiophene rings is 1. The molecule has 0 aliphatic carbocycles. The Balaban J connectivity index is 2.63. The van der Waals surface area contributed by atoms with Gasteiger partial charge in [-0.05, 0) is 24.3 Å². The van der Waals surface area contributed by atoms with Gasteiger partial charge in [-0.15, -0.1) is 22.9 Å². The third kappa shape index (κ3) is 2.21. The van der Waals surface area contributed by atoms with Crippen molar-refractivity contribution in [3.8, 4) is 6.07 Å². The first kappa shape index (κ1) is 8.58. The number of aryl methyl sites for hydroxylation is 1. The number of hydrogen-bond donors (Lipinski definition) is 0. The van der Waals surface area contributed by atoms with Crippen LogP contribution in [0.15, 0.2) is 11.4 Å². The lowest BCUT2D eigenvalue weighted by Gasteiger charge is -1.92. The van der Waals surface area contributed by atoms with Gasteiger partial charge in [0.1, 0.15) is 6.07 Å². The van der Waals surface area contributed by atoms with Gasteiger partial charge in [-0.2, -0.15) is 5.26 Å². The number of rotatable bonds is 3. The Kier molecular flexibility index (Phi) is 3.41. The highest BCUT2D eigenvalue weighted by Crippen LogP contribution is 2.17. The number of nitrogens with zero attached hydrogens (tertiary/aromatic N) is 1. The Morgan fingerprint density at radius 2 is 2.45 bits per heavy atom. The van der Waals surface area contributed by atoms with E-state index < -0.39 is 0 Å². The molecule has 1 heterocycles.